The van der Waals surface area contributed by atoms with Crippen LogP contribution < -0.4 is 5.32 Å². The highest BCUT2D eigenvalue weighted by atomic mass is 19.1. The van der Waals surface area contributed by atoms with Gasteiger partial charge in [-0.2, -0.15) is 5.26 Å². The second-order valence-electron chi connectivity index (χ2n) is 6.74. The van der Waals surface area contributed by atoms with Gasteiger partial charge in [-0.25, -0.2) is 14.0 Å². The summed E-state index contributed by atoms with van der Waals surface area (Å²) in [4.78, 5) is 29.5. The number of nitrogens with zero attached hydrogens (tertiary/aromatic N) is 2. The zero-order valence-electron chi connectivity index (χ0n) is 15.6. The van der Waals surface area contributed by atoms with Crippen LogP contribution in [0.25, 0.3) is 10.9 Å². The number of esters is 1. The summed E-state index contributed by atoms with van der Waals surface area (Å²) in [5, 5.41) is 12.7. The number of methoxy groups -OCH3 is 1. The molecule has 0 atom stereocenters. The van der Waals surface area contributed by atoms with Crippen LogP contribution in [0.4, 0.5) is 14.9 Å². The Labute approximate surface area is 165 Å². The first-order valence-corrected chi connectivity index (χ1v) is 8.97. The van der Waals surface area contributed by atoms with Crippen molar-refractivity contribution in [2.45, 2.75) is 13.0 Å². The number of ether oxygens (including phenoxy) is 1. The molecule has 0 aliphatic carbocycles. The first kappa shape index (κ1) is 18.5. The number of urea groups is 1. The van der Waals surface area contributed by atoms with E-state index in [-0.39, 0.29) is 17.3 Å². The Kier molecular flexibility index (Phi) is 4.64. The lowest BCUT2D eigenvalue weighted by Gasteiger charge is -2.27. The molecule has 1 aliphatic heterocycles. The standard InChI is InChI=1S/C21H17FN4O3/c1-29-20(27)12-2-4-18-15(9-12)16-11-26(7-6-19(16)24-18)21(28)25-17-5-3-14(22)8-13(17)10-23/h2-5,8-9,24H,6-7,11H2,1H3,(H,25,28). The number of carbonyl (C=O) groups excluding carboxylic acids is 2. The van der Waals surface area contributed by atoms with E-state index in [2.05, 4.69) is 10.3 Å². The van der Waals surface area contributed by atoms with Crippen molar-refractivity contribution in [2.75, 3.05) is 19.0 Å². The molecule has 2 heterocycles. The van der Waals surface area contributed by atoms with Crippen molar-refractivity contribution in [3.8, 4) is 6.07 Å². The van der Waals surface area contributed by atoms with Crippen LogP contribution in [-0.4, -0.2) is 35.5 Å². The third kappa shape index (κ3) is 3.38. The molecule has 8 heteroatoms. The van der Waals surface area contributed by atoms with Gasteiger partial charge in [0, 0.05) is 41.7 Å². The monoisotopic (exact) mass is 392 g/mol. The number of hydrogen-bond donors (Lipinski definition) is 2. The number of aromatic amines is 1. The van der Waals surface area contributed by atoms with Gasteiger partial charge in [-0.1, -0.05) is 0 Å². The summed E-state index contributed by atoms with van der Waals surface area (Å²) in [5.41, 5.74) is 3.60. The Morgan fingerprint density at radius 3 is 2.86 bits per heavy atom. The first-order chi connectivity index (χ1) is 14.0. The largest absolute Gasteiger partial charge is 0.465 e. The number of rotatable bonds is 2. The number of benzene rings is 2. The number of aromatic nitrogens is 1. The van der Waals surface area contributed by atoms with Gasteiger partial charge >= 0.3 is 12.0 Å². The van der Waals surface area contributed by atoms with Crippen molar-refractivity contribution in [1.82, 2.24) is 9.88 Å². The number of halogens is 1. The number of hydrogen-bond acceptors (Lipinski definition) is 4. The van der Waals surface area contributed by atoms with Gasteiger partial charge in [-0.05, 0) is 36.4 Å². The second kappa shape index (κ2) is 7.28. The number of anilines is 1. The topological polar surface area (TPSA) is 98.2 Å². The Bertz CT molecular complexity index is 1180. The molecular weight excluding hydrogens is 375 g/mol. The molecule has 3 aromatic rings. The molecule has 1 aliphatic rings. The summed E-state index contributed by atoms with van der Waals surface area (Å²) in [6, 6.07) is 10.4. The maximum absolute atomic E-state index is 13.3. The number of nitrogens with one attached hydrogen (secondary N) is 2. The van der Waals surface area contributed by atoms with Gasteiger partial charge in [-0.15, -0.1) is 0 Å². The summed E-state index contributed by atoms with van der Waals surface area (Å²) in [5.74, 6) is -0.963. The molecule has 4 rings (SSSR count). The second-order valence-corrected chi connectivity index (χ2v) is 6.74. The Balaban J connectivity index is 1.60. The summed E-state index contributed by atoms with van der Waals surface area (Å²) < 4.78 is 18.1. The summed E-state index contributed by atoms with van der Waals surface area (Å²) in [6.45, 7) is 0.827. The minimum absolute atomic E-state index is 0.0610. The van der Waals surface area contributed by atoms with Crippen LogP contribution in [0, 0.1) is 17.1 Å². The van der Waals surface area contributed by atoms with Gasteiger partial charge in [0.25, 0.3) is 0 Å². The third-order valence-corrected chi connectivity index (χ3v) is 5.03. The van der Waals surface area contributed by atoms with Crippen molar-refractivity contribution >= 4 is 28.6 Å². The summed E-state index contributed by atoms with van der Waals surface area (Å²) in [6.07, 6.45) is 0.625. The highest BCUT2D eigenvalue weighted by molar-refractivity contribution is 5.97. The van der Waals surface area contributed by atoms with Crippen LogP contribution in [0.5, 0.6) is 0 Å². The van der Waals surface area contributed by atoms with Crippen molar-refractivity contribution in [3.05, 3.63) is 64.6 Å². The van der Waals surface area contributed by atoms with Gasteiger partial charge in [0.2, 0.25) is 0 Å². The SMILES string of the molecule is COC(=O)c1ccc2[nH]c3c(c2c1)CN(C(=O)Nc1ccc(F)cc1C#N)CC3. The normalized spacial score (nSPS) is 12.9. The molecule has 0 saturated carbocycles. The molecule has 2 aromatic carbocycles. The third-order valence-electron chi connectivity index (χ3n) is 5.03. The van der Waals surface area contributed by atoms with Crippen molar-refractivity contribution < 1.29 is 18.7 Å². The minimum Gasteiger partial charge on any atom is -0.465 e. The lowest BCUT2D eigenvalue weighted by Crippen LogP contribution is -2.38. The molecule has 0 radical (unpaired) electrons. The quantitative estimate of drug-likeness (QED) is 0.652. The maximum Gasteiger partial charge on any atom is 0.337 e. The van der Waals surface area contributed by atoms with Crippen molar-refractivity contribution in [2.24, 2.45) is 0 Å². The Hall–Kier alpha value is -3.86. The molecule has 1 aromatic heterocycles. The maximum atomic E-state index is 13.3. The predicted molar refractivity (Wildman–Crippen MR) is 104 cm³/mol. The van der Waals surface area contributed by atoms with Gasteiger partial charge in [0.05, 0.1) is 23.9 Å². The molecule has 2 N–H and O–H groups in total. The lowest BCUT2D eigenvalue weighted by atomic mass is 10.0. The van der Waals surface area contributed by atoms with Crippen LogP contribution in [0.2, 0.25) is 0 Å². The van der Waals surface area contributed by atoms with E-state index in [1.807, 2.05) is 12.1 Å². The fourth-order valence-electron chi connectivity index (χ4n) is 3.54. The molecule has 0 spiro atoms. The fraction of sp³-hybridized carbons (Fsp3) is 0.190. The van der Waals surface area contributed by atoms with Crippen molar-refractivity contribution in [3.63, 3.8) is 0 Å². The molecule has 0 bridgehead atoms. The van der Waals surface area contributed by atoms with Gasteiger partial charge in [0.1, 0.15) is 11.9 Å². The average Bonchev–Trinajstić information content (AvgIpc) is 3.11. The van der Waals surface area contributed by atoms with E-state index in [1.54, 1.807) is 17.0 Å². The van der Waals surface area contributed by atoms with Gasteiger partial charge in [0.15, 0.2) is 0 Å². The van der Waals surface area contributed by atoms with Crippen LogP contribution in [0.3, 0.4) is 0 Å². The van der Waals surface area contributed by atoms with Gasteiger partial charge < -0.3 is 19.9 Å². The molecule has 2 amide bonds. The minimum atomic E-state index is -0.539. The number of amides is 2. The number of H-pyrrole nitrogens is 1. The molecular formula is C21H17FN4O3. The summed E-state index contributed by atoms with van der Waals surface area (Å²) >= 11 is 0. The van der Waals surface area contributed by atoms with E-state index in [1.165, 1.54) is 19.2 Å². The van der Waals surface area contributed by atoms with Gasteiger partial charge in [-0.3, -0.25) is 0 Å². The van der Waals surface area contributed by atoms with E-state index >= 15 is 0 Å². The summed E-state index contributed by atoms with van der Waals surface area (Å²) in [7, 11) is 1.33. The van der Waals surface area contributed by atoms with E-state index in [0.29, 0.717) is 25.1 Å². The zero-order valence-corrected chi connectivity index (χ0v) is 15.6. The van der Waals surface area contributed by atoms with E-state index < -0.39 is 11.8 Å². The highest BCUT2D eigenvalue weighted by Crippen LogP contribution is 2.29. The van der Waals surface area contributed by atoms with Crippen molar-refractivity contribution in [1.29, 1.82) is 5.26 Å². The van der Waals surface area contributed by atoms with E-state index in [4.69, 9.17) is 10.00 Å². The molecule has 146 valence electrons. The number of carbonyl (C=O) groups is 2. The fourth-order valence-corrected chi connectivity index (χ4v) is 3.54. The van der Waals surface area contributed by atoms with Crippen LogP contribution in [0.1, 0.15) is 27.2 Å². The van der Waals surface area contributed by atoms with E-state index in [9.17, 15) is 14.0 Å². The Morgan fingerprint density at radius 1 is 1.28 bits per heavy atom. The zero-order chi connectivity index (χ0) is 20.5. The average molecular weight is 392 g/mol. The van der Waals surface area contributed by atoms with Crippen LogP contribution >= 0.6 is 0 Å². The van der Waals surface area contributed by atoms with Crippen LogP contribution in [0.15, 0.2) is 36.4 Å². The molecule has 29 heavy (non-hydrogen) atoms. The smallest absolute Gasteiger partial charge is 0.337 e. The first-order valence-electron chi connectivity index (χ1n) is 8.97. The molecule has 0 unspecified atom stereocenters. The Morgan fingerprint density at radius 2 is 2.10 bits per heavy atom. The molecule has 0 saturated heterocycles. The highest BCUT2D eigenvalue weighted by Gasteiger charge is 2.25. The van der Waals surface area contributed by atoms with Crippen LogP contribution in [-0.2, 0) is 17.7 Å². The van der Waals surface area contributed by atoms with E-state index in [0.717, 1.165) is 28.2 Å². The predicted octanol–water partition coefficient (Wildman–Crippen LogP) is 3.56. The molecule has 0 fully saturated rings. The number of nitriles is 1. The molecule has 7 nitrogen and oxygen atoms in total. The lowest BCUT2D eigenvalue weighted by molar-refractivity contribution is 0.0601. The number of fused-ring (bicyclic) bond motifs is 3.